The van der Waals surface area contributed by atoms with E-state index in [1.54, 1.807) is 0 Å². The van der Waals surface area contributed by atoms with Crippen LogP contribution in [0, 0.1) is 16.0 Å². The number of hydrogen-bond donors (Lipinski definition) is 1. The van der Waals surface area contributed by atoms with Gasteiger partial charge in [-0.2, -0.15) is 0 Å². The monoisotopic (exact) mass is 493 g/mol. The first kappa shape index (κ1) is 25.9. The summed E-state index contributed by atoms with van der Waals surface area (Å²) in [6.45, 7) is 1.11. The Morgan fingerprint density at radius 1 is 0.972 bits per heavy atom. The maximum absolute atomic E-state index is 12.7. The Hall–Kier alpha value is -3.23. The van der Waals surface area contributed by atoms with Gasteiger partial charge in [0.25, 0.3) is 5.70 Å². The average Bonchev–Trinajstić information content (AvgIpc) is 2.89. The van der Waals surface area contributed by atoms with E-state index in [4.69, 9.17) is 9.47 Å². The molecule has 2 bridgehead atoms. The van der Waals surface area contributed by atoms with Crippen molar-refractivity contribution < 1.29 is 19.2 Å². The van der Waals surface area contributed by atoms with Gasteiger partial charge in [0.05, 0.1) is 11.0 Å². The minimum absolute atomic E-state index is 0.00902. The molecule has 0 spiro atoms. The highest BCUT2D eigenvalue weighted by Gasteiger charge is 2.63. The van der Waals surface area contributed by atoms with Crippen LogP contribution in [0.25, 0.3) is 0 Å². The van der Waals surface area contributed by atoms with Crippen LogP contribution in [0.2, 0.25) is 0 Å². The molecule has 4 rings (SSSR count). The van der Waals surface area contributed by atoms with Crippen molar-refractivity contribution in [2.45, 2.75) is 50.4 Å². The fraction of sp³-hybridized carbons (Fsp3) is 0.464. The summed E-state index contributed by atoms with van der Waals surface area (Å²) in [4.78, 5) is 26.8. The molecule has 2 atom stereocenters. The van der Waals surface area contributed by atoms with Crippen molar-refractivity contribution in [2.24, 2.45) is 5.92 Å². The zero-order valence-corrected chi connectivity index (χ0v) is 21.0. The van der Waals surface area contributed by atoms with Crippen molar-refractivity contribution in [3.05, 3.63) is 93.4 Å². The van der Waals surface area contributed by atoms with E-state index in [0.717, 1.165) is 25.7 Å². The van der Waals surface area contributed by atoms with Crippen molar-refractivity contribution in [3.63, 3.8) is 0 Å². The molecular formula is C28H35N3O5. The molecule has 1 fully saturated rings. The highest BCUT2D eigenvalue weighted by Crippen LogP contribution is 2.48. The minimum Gasteiger partial charge on any atom is -0.366 e. The number of methoxy groups -OCH3 is 2. The standard InChI is InChI=1S/C28H35N3O5/c1-35-28(36-2)24-19-23(32)20-25(28)30(18-10-16-22-13-7-4-8-14-22)27(26(24)31(33)34)29-17-9-15-21-11-5-3-6-12-21/h3-8,11-14,24-25,29H,9-10,15-20H2,1-2H3. The van der Waals surface area contributed by atoms with Gasteiger partial charge in [-0.15, -0.1) is 0 Å². The Bertz CT molecular complexity index is 1070. The van der Waals surface area contributed by atoms with E-state index in [1.165, 1.54) is 25.3 Å². The Labute approximate surface area is 212 Å². The molecule has 1 saturated carbocycles. The average molecular weight is 494 g/mol. The zero-order chi connectivity index (χ0) is 25.5. The second-order valence-corrected chi connectivity index (χ2v) is 9.43. The lowest BCUT2D eigenvalue weighted by Gasteiger charge is -2.53. The fourth-order valence-corrected chi connectivity index (χ4v) is 5.68. The topological polar surface area (TPSA) is 93.9 Å². The van der Waals surface area contributed by atoms with Gasteiger partial charge in [0.1, 0.15) is 11.7 Å². The van der Waals surface area contributed by atoms with E-state index in [2.05, 4.69) is 29.6 Å². The predicted molar refractivity (Wildman–Crippen MR) is 137 cm³/mol. The number of Topliss-reactive ketones (excluding diaryl/α,β-unsaturated/α-hetero) is 1. The third-order valence-electron chi connectivity index (χ3n) is 7.36. The quantitative estimate of drug-likeness (QED) is 0.207. The maximum atomic E-state index is 12.7. The van der Waals surface area contributed by atoms with E-state index in [0.29, 0.717) is 18.9 Å². The Kier molecular flexibility index (Phi) is 8.38. The molecule has 192 valence electrons. The number of aryl methyl sites for hydroxylation is 2. The first-order valence-corrected chi connectivity index (χ1v) is 12.6. The Morgan fingerprint density at radius 3 is 2.11 bits per heavy atom. The number of rotatable bonds is 12. The number of nitrogens with one attached hydrogen (secondary N) is 1. The van der Waals surface area contributed by atoms with Crippen molar-refractivity contribution >= 4 is 5.78 Å². The molecule has 2 unspecified atom stereocenters. The van der Waals surface area contributed by atoms with Crippen LogP contribution in [-0.4, -0.2) is 54.7 Å². The number of carbonyl (C=O) groups is 1. The molecule has 1 aliphatic carbocycles. The molecule has 1 heterocycles. The molecule has 8 heteroatoms. The molecular weight excluding hydrogens is 458 g/mol. The SMILES string of the molecule is COC1(OC)C2CC(=O)CC1N(CCCc1ccccc1)C(NCCCc1ccccc1)=C2[N+](=O)[O-]. The zero-order valence-electron chi connectivity index (χ0n) is 21.0. The largest absolute Gasteiger partial charge is 0.366 e. The molecule has 8 nitrogen and oxygen atoms in total. The van der Waals surface area contributed by atoms with Crippen LogP contribution in [-0.2, 0) is 27.1 Å². The summed E-state index contributed by atoms with van der Waals surface area (Å²) in [5, 5.41) is 15.8. The van der Waals surface area contributed by atoms with Gasteiger partial charge in [-0.1, -0.05) is 60.7 Å². The predicted octanol–water partition coefficient (Wildman–Crippen LogP) is 3.94. The van der Waals surface area contributed by atoms with Gasteiger partial charge in [0.15, 0.2) is 5.82 Å². The summed E-state index contributed by atoms with van der Waals surface area (Å²) >= 11 is 0. The molecule has 2 aromatic rings. The number of ketones is 1. The third-order valence-corrected chi connectivity index (χ3v) is 7.36. The molecule has 2 aliphatic rings. The number of hydrogen-bond acceptors (Lipinski definition) is 7. The molecule has 0 saturated heterocycles. The number of nitrogens with zero attached hydrogens (tertiary/aromatic N) is 2. The van der Waals surface area contributed by atoms with E-state index < -0.39 is 17.7 Å². The van der Waals surface area contributed by atoms with Gasteiger partial charge in [0, 0.05) is 40.2 Å². The Morgan fingerprint density at radius 2 is 1.56 bits per heavy atom. The van der Waals surface area contributed by atoms with E-state index >= 15 is 0 Å². The minimum atomic E-state index is -1.25. The van der Waals surface area contributed by atoms with Gasteiger partial charge in [0.2, 0.25) is 5.79 Å². The van der Waals surface area contributed by atoms with Crippen LogP contribution >= 0.6 is 0 Å². The van der Waals surface area contributed by atoms with E-state index in [-0.39, 0.29) is 29.2 Å². The van der Waals surface area contributed by atoms with E-state index in [9.17, 15) is 14.9 Å². The van der Waals surface area contributed by atoms with Crippen molar-refractivity contribution in [2.75, 3.05) is 27.3 Å². The van der Waals surface area contributed by atoms with Crippen LogP contribution in [0.1, 0.15) is 36.8 Å². The first-order chi connectivity index (χ1) is 17.5. The molecule has 2 aromatic carbocycles. The molecule has 1 aliphatic heterocycles. The highest BCUT2D eigenvalue weighted by atomic mass is 16.7. The summed E-state index contributed by atoms with van der Waals surface area (Å²) in [5.41, 5.74) is 2.40. The molecule has 1 N–H and O–H groups in total. The summed E-state index contributed by atoms with van der Waals surface area (Å²) in [6, 6.07) is 19.9. The molecule has 0 aromatic heterocycles. The summed E-state index contributed by atoms with van der Waals surface area (Å²) in [5.74, 6) is -1.55. The van der Waals surface area contributed by atoms with Crippen LogP contribution < -0.4 is 5.32 Å². The number of ether oxygens (including phenoxy) is 2. The van der Waals surface area contributed by atoms with Crippen LogP contribution in [0.3, 0.4) is 0 Å². The van der Waals surface area contributed by atoms with Crippen LogP contribution in [0.5, 0.6) is 0 Å². The lowest BCUT2D eigenvalue weighted by Crippen LogP contribution is -2.67. The second kappa shape index (κ2) is 11.7. The summed E-state index contributed by atoms with van der Waals surface area (Å²) in [6.07, 6.45) is 3.54. The molecule has 0 radical (unpaired) electrons. The first-order valence-electron chi connectivity index (χ1n) is 12.6. The van der Waals surface area contributed by atoms with Crippen molar-refractivity contribution in [1.29, 1.82) is 0 Å². The van der Waals surface area contributed by atoms with Gasteiger partial charge in [-0.3, -0.25) is 14.9 Å². The molecule has 36 heavy (non-hydrogen) atoms. The van der Waals surface area contributed by atoms with Gasteiger partial charge >= 0.3 is 0 Å². The molecule has 0 amide bonds. The third kappa shape index (κ3) is 5.29. The lowest BCUT2D eigenvalue weighted by molar-refractivity contribution is -0.454. The number of fused-ring (bicyclic) bond motifs is 2. The summed E-state index contributed by atoms with van der Waals surface area (Å²) in [7, 11) is 3.02. The van der Waals surface area contributed by atoms with Gasteiger partial charge < -0.3 is 19.7 Å². The van der Waals surface area contributed by atoms with Crippen molar-refractivity contribution in [3.8, 4) is 0 Å². The Balaban J connectivity index is 1.61. The number of carbonyl (C=O) groups excluding carboxylic acids is 1. The number of nitro groups is 1. The van der Waals surface area contributed by atoms with Crippen molar-refractivity contribution in [1.82, 2.24) is 10.2 Å². The van der Waals surface area contributed by atoms with Crippen LogP contribution in [0.15, 0.2) is 72.2 Å². The van der Waals surface area contributed by atoms with Gasteiger partial charge in [-0.05, 0) is 36.8 Å². The second-order valence-electron chi connectivity index (χ2n) is 9.43. The van der Waals surface area contributed by atoms with Crippen LogP contribution in [0.4, 0.5) is 0 Å². The van der Waals surface area contributed by atoms with E-state index in [1.807, 2.05) is 41.3 Å². The maximum Gasteiger partial charge on any atom is 0.294 e. The number of benzene rings is 2. The summed E-state index contributed by atoms with van der Waals surface area (Å²) < 4.78 is 11.7. The van der Waals surface area contributed by atoms with Gasteiger partial charge in [-0.25, -0.2) is 0 Å². The highest BCUT2D eigenvalue weighted by molar-refractivity contribution is 5.81. The normalized spacial score (nSPS) is 20.9. The lowest BCUT2D eigenvalue weighted by atomic mass is 9.73. The smallest absolute Gasteiger partial charge is 0.294 e. The fourth-order valence-electron chi connectivity index (χ4n) is 5.68.